The number of aryl methyl sites for hydroxylation is 1. The summed E-state index contributed by atoms with van der Waals surface area (Å²) >= 11 is 0. The van der Waals surface area contributed by atoms with Crippen LogP contribution < -0.4 is 5.32 Å². The molecule has 0 saturated carbocycles. The fraction of sp³-hybridized carbons (Fsp3) is 0.333. The van der Waals surface area contributed by atoms with Gasteiger partial charge in [-0.3, -0.25) is 0 Å². The van der Waals surface area contributed by atoms with Crippen molar-refractivity contribution in [2.24, 2.45) is 0 Å². The van der Waals surface area contributed by atoms with Crippen molar-refractivity contribution >= 4 is 15.5 Å². The largest absolute Gasteiger partial charge is 0.383 e. The van der Waals surface area contributed by atoms with Crippen molar-refractivity contribution in [1.82, 2.24) is 0 Å². The molecule has 0 radical (unpaired) electrons. The molecule has 0 unspecified atom stereocenters. The number of hydrogen-bond acceptors (Lipinski definition) is 3. The molecule has 1 aliphatic heterocycles. The molecule has 4 heteroatoms. The van der Waals surface area contributed by atoms with Gasteiger partial charge in [-0.15, -0.1) is 0 Å². The Morgan fingerprint density at radius 3 is 2.85 bits per heavy atom. The first-order valence-corrected chi connectivity index (χ1v) is 5.83. The fourth-order valence-corrected chi connectivity index (χ4v) is 3.24. The maximum atomic E-state index is 11.7. The zero-order chi connectivity index (χ0) is 9.47. The first kappa shape index (κ1) is 8.56. The molecule has 0 aliphatic carbocycles. The molecular formula is C9H11NO2S. The molecule has 2 rings (SSSR count). The lowest BCUT2D eigenvalue weighted by Gasteiger charge is -2.19. The van der Waals surface area contributed by atoms with Crippen LogP contribution in [0.15, 0.2) is 23.1 Å². The minimum Gasteiger partial charge on any atom is -0.383 e. The number of anilines is 1. The van der Waals surface area contributed by atoms with Crippen LogP contribution in [0.1, 0.15) is 5.56 Å². The van der Waals surface area contributed by atoms with Crippen LogP contribution in [0.5, 0.6) is 0 Å². The van der Waals surface area contributed by atoms with Gasteiger partial charge in [-0.25, -0.2) is 8.42 Å². The van der Waals surface area contributed by atoms with Crippen LogP contribution in [-0.4, -0.2) is 20.7 Å². The van der Waals surface area contributed by atoms with Gasteiger partial charge in [0.2, 0.25) is 0 Å². The first-order chi connectivity index (χ1) is 6.11. The number of benzene rings is 1. The van der Waals surface area contributed by atoms with E-state index in [0.29, 0.717) is 11.4 Å². The summed E-state index contributed by atoms with van der Waals surface area (Å²) in [4.78, 5) is 0.473. The Balaban J connectivity index is 2.75. The van der Waals surface area contributed by atoms with Crippen molar-refractivity contribution < 1.29 is 8.42 Å². The maximum absolute atomic E-state index is 11.7. The van der Waals surface area contributed by atoms with Crippen LogP contribution in [0, 0.1) is 6.92 Å². The van der Waals surface area contributed by atoms with Crippen LogP contribution in [0.3, 0.4) is 0 Å². The maximum Gasteiger partial charge on any atom is 0.182 e. The van der Waals surface area contributed by atoms with Gasteiger partial charge < -0.3 is 5.32 Å². The smallest absolute Gasteiger partial charge is 0.182 e. The Bertz CT molecular complexity index is 437. The SMILES string of the molecule is Cc1cccc2c1S(=O)(=O)CCN2. The van der Waals surface area contributed by atoms with Crippen molar-refractivity contribution in [3.05, 3.63) is 23.8 Å². The van der Waals surface area contributed by atoms with E-state index in [0.717, 1.165) is 11.3 Å². The minimum absolute atomic E-state index is 0.199. The lowest BCUT2D eigenvalue weighted by molar-refractivity contribution is 0.594. The highest BCUT2D eigenvalue weighted by molar-refractivity contribution is 7.91. The van der Waals surface area contributed by atoms with E-state index < -0.39 is 9.84 Å². The van der Waals surface area contributed by atoms with Gasteiger partial charge >= 0.3 is 0 Å². The van der Waals surface area contributed by atoms with E-state index in [1.54, 1.807) is 6.07 Å². The molecule has 1 N–H and O–H groups in total. The zero-order valence-electron chi connectivity index (χ0n) is 7.37. The van der Waals surface area contributed by atoms with E-state index in [-0.39, 0.29) is 5.75 Å². The van der Waals surface area contributed by atoms with Crippen molar-refractivity contribution in [3.8, 4) is 0 Å². The van der Waals surface area contributed by atoms with Crippen molar-refractivity contribution in [2.75, 3.05) is 17.6 Å². The van der Waals surface area contributed by atoms with Crippen molar-refractivity contribution in [1.29, 1.82) is 0 Å². The van der Waals surface area contributed by atoms with Gasteiger partial charge in [-0.2, -0.15) is 0 Å². The van der Waals surface area contributed by atoms with Crippen LogP contribution in [0.25, 0.3) is 0 Å². The zero-order valence-corrected chi connectivity index (χ0v) is 8.19. The second kappa shape index (κ2) is 2.73. The van der Waals surface area contributed by atoms with E-state index in [1.165, 1.54) is 0 Å². The van der Waals surface area contributed by atoms with E-state index in [9.17, 15) is 8.42 Å². The third-order valence-corrected chi connectivity index (χ3v) is 4.11. The van der Waals surface area contributed by atoms with Gasteiger partial charge in [0.15, 0.2) is 9.84 Å². The molecule has 0 amide bonds. The van der Waals surface area contributed by atoms with Gasteiger partial charge in [-0.05, 0) is 18.6 Å². The Kier molecular flexibility index (Phi) is 1.80. The Labute approximate surface area is 77.7 Å². The van der Waals surface area contributed by atoms with E-state index in [2.05, 4.69) is 5.32 Å². The number of fused-ring (bicyclic) bond motifs is 1. The molecule has 13 heavy (non-hydrogen) atoms. The molecule has 0 saturated heterocycles. The second-order valence-corrected chi connectivity index (χ2v) is 5.24. The molecular weight excluding hydrogens is 186 g/mol. The van der Waals surface area contributed by atoms with Crippen molar-refractivity contribution in [2.45, 2.75) is 11.8 Å². The molecule has 1 aromatic carbocycles. The Morgan fingerprint density at radius 2 is 2.15 bits per heavy atom. The van der Waals surface area contributed by atoms with Crippen LogP contribution in [0.2, 0.25) is 0 Å². The highest BCUT2D eigenvalue weighted by Gasteiger charge is 2.24. The molecule has 0 fully saturated rings. The average Bonchev–Trinajstić information content (AvgIpc) is 2.02. The molecule has 1 aliphatic rings. The van der Waals surface area contributed by atoms with Crippen LogP contribution in [0.4, 0.5) is 5.69 Å². The molecule has 70 valence electrons. The second-order valence-electron chi connectivity index (χ2n) is 3.20. The topological polar surface area (TPSA) is 46.2 Å². The number of sulfone groups is 1. The van der Waals surface area contributed by atoms with E-state index in [4.69, 9.17) is 0 Å². The molecule has 0 bridgehead atoms. The molecule has 0 spiro atoms. The van der Waals surface area contributed by atoms with Crippen LogP contribution >= 0.6 is 0 Å². The molecule has 1 aromatic rings. The summed E-state index contributed by atoms with van der Waals surface area (Å²) in [7, 11) is -3.04. The summed E-state index contributed by atoms with van der Waals surface area (Å²) in [5.74, 6) is 0.199. The summed E-state index contributed by atoms with van der Waals surface area (Å²) < 4.78 is 23.3. The summed E-state index contributed by atoms with van der Waals surface area (Å²) in [6.45, 7) is 2.34. The van der Waals surface area contributed by atoms with Gasteiger partial charge in [-0.1, -0.05) is 12.1 Å². The highest BCUT2D eigenvalue weighted by atomic mass is 32.2. The number of rotatable bonds is 0. The Hall–Kier alpha value is -1.03. The van der Waals surface area contributed by atoms with Gasteiger partial charge in [0.25, 0.3) is 0 Å². The highest BCUT2D eigenvalue weighted by Crippen LogP contribution is 2.28. The fourth-order valence-electron chi connectivity index (χ4n) is 1.63. The molecule has 1 heterocycles. The first-order valence-electron chi connectivity index (χ1n) is 4.17. The number of hydrogen-bond donors (Lipinski definition) is 1. The predicted octanol–water partition coefficient (Wildman–Crippen LogP) is 1.19. The third kappa shape index (κ3) is 1.31. The van der Waals surface area contributed by atoms with Crippen molar-refractivity contribution in [3.63, 3.8) is 0 Å². The Morgan fingerprint density at radius 1 is 1.38 bits per heavy atom. The summed E-state index contributed by atoms with van der Waals surface area (Å²) in [6, 6.07) is 5.49. The van der Waals surface area contributed by atoms with Gasteiger partial charge in [0.1, 0.15) is 0 Å². The van der Waals surface area contributed by atoms with Gasteiger partial charge in [0, 0.05) is 6.54 Å². The van der Waals surface area contributed by atoms with E-state index in [1.807, 2.05) is 19.1 Å². The molecule has 0 atom stereocenters. The predicted molar refractivity (Wildman–Crippen MR) is 51.7 cm³/mol. The monoisotopic (exact) mass is 197 g/mol. The molecule has 0 aromatic heterocycles. The molecule has 3 nitrogen and oxygen atoms in total. The normalized spacial score (nSPS) is 18.8. The summed E-state index contributed by atoms with van der Waals surface area (Å²) in [6.07, 6.45) is 0. The minimum atomic E-state index is -3.04. The lowest BCUT2D eigenvalue weighted by Crippen LogP contribution is -2.23. The summed E-state index contributed by atoms with van der Waals surface area (Å²) in [5.41, 5.74) is 1.57. The van der Waals surface area contributed by atoms with Gasteiger partial charge in [0.05, 0.1) is 16.3 Å². The standard InChI is InChI=1S/C9H11NO2S/c1-7-3-2-4-8-9(7)13(11,12)6-5-10-8/h2-4,10H,5-6H2,1H3. The lowest BCUT2D eigenvalue weighted by atomic mass is 10.2. The van der Waals surface area contributed by atoms with Crippen LogP contribution in [-0.2, 0) is 9.84 Å². The quantitative estimate of drug-likeness (QED) is 0.679. The summed E-state index contributed by atoms with van der Waals surface area (Å²) in [5, 5.41) is 3.08. The van der Waals surface area contributed by atoms with E-state index >= 15 is 0 Å². The third-order valence-electron chi connectivity index (χ3n) is 2.21. The number of nitrogens with one attached hydrogen (secondary N) is 1. The average molecular weight is 197 g/mol.